The van der Waals surface area contributed by atoms with E-state index in [1.807, 2.05) is 30.7 Å². The van der Waals surface area contributed by atoms with Crippen molar-refractivity contribution in [1.82, 2.24) is 14.2 Å². The van der Waals surface area contributed by atoms with Crippen LogP contribution in [0.4, 0.5) is 0 Å². The second-order valence-electron chi connectivity index (χ2n) is 6.83. The van der Waals surface area contributed by atoms with Gasteiger partial charge in [-0.15, -0.1) is 0 Å². The zero-order valence-corrected chi connectivity index (χ0v) is 17.1. The smallest absolute Gasteiger partial charge is 0.244 e. The van der Waals surface area contributed by atoms with Gasteiger partial charge in [0.2, 0.25) is 15.9 Å². The van der Waals surface area contributed by atoms with Gasteiger partial charge in [0.05, 0.1) is 11.4 Å². The van der Waals surface area contributed by atoms with Gasteiger partial charge in [-0.1, -0.05) is 11.6 Å². The lowest BCUT2D eigenvalue weighted by atomic mass is 10.1. The minimum absolute atomic E-state index is 0.132. The van der Waals surface area contributed by atoms with E-state index in [9.17, 15) is 13.2 Å². The Labute approximate surface area is 165 Å². The molecule has 0 radical (unpaired) electrons. The third-order valence-corrected chi connectivity index (χ3v) is 7.19. The molecule has 0 aliphatic carbocycles. The van der Waals surface area contributed by atoms with Crippen LogP contribution in [0.25, 0.3) is 0 Å². The van der Waals surface area contributed by atoms with E-state index < -0.39 is 16.1 Å². The van der Waals surface area contributed by atoms with E-state index in [0.29, 0.717) is 18.0 Å². The summed E-state index contributed by atoms with van der Waals surface area (Å²) in [6.45, 7) is 2.67. The maximum atomic E-state index is 13.4. The number of halogens is 1. The highest BCUT2D eigenvalue weighted by Crippen LogP contribution is 2.26. The summed E-state index contributed by atoms with van der Waals surface area (Å²) >= 11 is 5.91. The number of aromatic nitrogens is 1. The molecular weight excluding hydrogens is 386 g/mol. The molecular formula is C19H24ClN3O3S. The Hall–Kier alpha value is -1.83. The molecule has 0 bridgehead atoms. The molecule has 1 aliphatic rings. The van der Waals surface area contributed by atoms with Gasteiger partial charge in [0.25, 0.3) is 0 Å². The van der Waals surface area contributed by atoms with Crippen molar-refractivity contribution in [2.24, 2.45) is 7.05 Å². The third-order valence-electron chi connectivity index (χ3n) is 5.07. The predicted molar refractivity (Wildman–Crippen MR) is 105 cm³/mol. The molecule has 0 spiro atoms. The van der Waals surface area contributed by atoms with Crippen molar-refractivity contribution in [2.45, 2.75) is 43.7 Å². The molecule has 1 aliphatic heterocycles. The lowest BCUT2D eigenvalue weighted by Gasteiger charge is -2.29. The lowest BCUT2D eigenvalue weighted by Crippen LogP contribution is -2.48. The molecule has 0 unspecified atom stereocenters. The Balaban J connectivity index is 2.04. The molecule has 1 aromatic carbocycles. The van der Waals surface area contributed by atoms with Crippen LogP contribution in [0.3, 0.4) is 0 Å². The first-order valence-corrected chi connectivity index (χ1v) is 10.8. The van der Waals surface area contributed by atoms with Gasteiger partial charge in [0.1, 0.15) is 6.04 Å². The second kappa shape index (κ2) is 8.04. The summed E-state index contributed by atoms with van der Waals surface area (Å²) < 4.78 is 30.1. The number of carbonyl (C=O) groups is 1. The molecule has 1 saturated heterocycles. The summed E-state index contributed by atoms with van der Waals surface area (Å²) in [5.74, 6) is -0.240. The highest BCUT2D eigenvalue weighted by molar-refractivity contribution is 7.89. The number of aryl methyl sites for hydroxylation is 1. The largest absolute Gasteiger partial charge is 0.355 e. The van der Waals surface area contributed by atoms with Gasteiger partial charge in [0, 0.05) is 30.0 Å². The van der Waals surface area contributed by atoms with Crippen LogP contribution in [0.15, 0.2) is 41.3 Å². The number of benzene rings is 1. The fourth-order valence-corrected chi connectivity index (χ4v) is 5.00. The van der Waals surface area contributed by atoms with Gasteiger partial charge in [-0.25, -0.2) is 8.42 Å². The van der Waals surface area contributed by atoms with Crippen LogP contribution in [0.2, 0.25) is 5.02 Å². The van der Waals surface area contributed by atoms with E-state index in [2.05, 4.69) is 5.32 Å². The molecule has 3 rings (SSSR count). The summed E-state index contributed by atoms with van der Waals surface area (Å²) in [6.07, 6.45) is 2.14. The first-order valence-electron chi connectivity index (χ1n) is 8.97. The van der Waals surface area contributed by atoms with Gasteiger partial charge >= 0.3 is 0 Å². The quantitative estimate of drug-likeness (QED) is 0.825. The average molecular weight is 410 g/mol. The Morgan fingerprint density at radius 2 is 1.89 bits per heavy atom. The molecule has 6 nitrogen and oxygen atoms in total. The van der Waals surface area contributed by atoms with E-state index in [0.717, 1.165) is 24.2 Å². The molecule has 1 aromatic heterocycles. The van der Waals surface area contributed by atoms with Crippen molar-refractivity contribution >= 4 is 27.5 Å². The molecule has 2 heterocycles. The molecule has 1 atom stereocenters. The molecule has 27 heavy (non-hydrogen) atoms. The second-order valence-corrected chi connectivity index (χ2v) is 9.16. The van der Waals surface area contributed by atoms with Crippen LogP contribution in [0.1, 0.15) is 30.7 Å². The maximum absolute atomic E-state index is 13.4. The Kier molecular flexibility index (Phi) is 5.93. The van der Waals surface area contributed by atoms with Crippen molar-refractivity contribution in [1.29, 1.82) is 0 Å². The zero-order chi connectivity index (χ0) is 19.6. The molecule has 1 amide bonds. The number of amides is 1. The Morgan fingerprint density at radius 1 is 1.19 bits per heavy atom. The minimum atomic E-state index is -3.87. The zero-order valence-electron chi connectivity index (χ0n) is 15.5. The van der Waals surface area contributed by atoms with E-state index >= 15 is 0 Å². The van der Waals surface area contributed by atoms with Gasteiger partial charge < -0.3 is 9.88 Å². The van der Waals surface area contributed by atoms with Crippen LogP contribution >= 0.6 is 11.6 Å². The van der Waals surface area contributed by atoms with Crippen LogP contribution < -0.4 is 5.32 Å². The van der Waals surface area contributed by atoms with E-state index in [-0.39, 0.29) is 17.3 Å². The van der Waals surface area contributed by atoms with Crippen molar-refractivity contribution < 1.29 is 13.2 Å². The number of carbonyl (C=O) groups excluding carboxylic acids is 1. The molecule has 2 aromatic rings. The lowest BCUT2D eigenvalue weighted by molar-refractivity contribution is -0.124. The highest BCUT2D eigenvalue weighted by Gasteiger charge is 2.37. The van der Waals surface area contributed by atoms with Crippen molar-refractivity contribution in [2.75, 3.05) is 6.54 Å². The normalized spacial score (nSPS) is 18.4. The molecule has 0 saturated carbocycles. The molecule has 8 heteroatoms. The van der Waals surface area contributed by atoms with E-state index in [1.54, 1.807) is 12.1 Å². The SMILES string of the molecule is Cc1ccc(CN([C@@H]2CCCCNC2=O)S(=O)(=O)c2ccc(Cl)cc2)n1C. The molecule has 1 N–H and O–H groups in total. The fourth-order valence-electron chi connectivity index (χ4n) is 3.29. The first kappa shape index (κ1) is 19.9. The number of nitrogens with zero attached hydrogens (tertiary/aromatic N) is 2. The van der Waals surface area contributed by atoms with Gasteiger partial charge in [0.15, 0.2) is 0 Å². The van der Waals surface area contributed by atoms with Crippen molar-refractivity contribution in [3.8, 4) is 0 Å². The number of hydrogen-bond acceptors (Lipinski definition) is 3. The third kappa shape index (κ3) is 4.20. The minimum Gasteiger partial charge on any atom is -0.355 e. The van der Waals surface area contributed by atoms with E-state index in [4.69, 9.17) is 11.6 Å². The number of sulfonamides is 1. The van der Waals surface area contributed by atoms with Crippen LogP contribution in [0, 0.1) is 6.92 Å². The summed E-state index contributed by atoms with van der Waals surface area (Å²) in [5, 5.41) is 3.30. The molecule has 146 valence electrons. The number of hydrogen-bond donors (Lipinski definition) is 1. The highest BCUT2D eigenvalue weighted by atomic mass is 35.5. The van der Waals surface area contributed by atoms with Crippen molar-refractivity contribution in [3.63, 3.8) is 0 Å². The predicted octanol–water partition coefficient (Wildman–Crippen LogP) is 2.85. The van der Waals surface area contributed by atoms with Crippen molar-refractivity contribution in [3.05, 3.63) is 52.8 Å². The Morgan fingerprint density at radius 3 is 2.52 bits per heavy atom. The summed E-state index contributed by atoms with van der Waals surface area (Å²) in [7, 11) is -1.98. The fraction of sp³-hybridized carbons (Fsp3) is 0.421. The summed E-state index contributed by atoms with van der Waals surface area (Å²) in [4.78, 5) is 12.8. The van der Waals surface area contributed by atoms with Crippen LogP contribution in [-0.2, 0) is 28.4 Å². The molecule has 1 fully saturated rings. The average Bonchev–Trinajstić information content (AvgIpc) is 2.82. The first-order chi connectivity index (χ1) is 12.8. The van der Waals surface area contributed by atoms with E-state index in [1.165, 1.54) is 16.4 Å². The monoisotopic (exact) mass is 409 g/mol. The summed E-state index contributed by atoms with van der Waals surface area (Å²) in [5.41, 5.74) is 1.86. The van der Waals surface area contributed by atoms with Gasteiger partial charge in [-0.2, -0.15) is 4.31 Å². The topological polar surface area (TPSA) is 71.4 Å². The summed E-state index contributed by atoms with van der Waals surface area (Å²) in [6, 6.07) is 9.16. The maximum Gasteiger partial charge on any atom is 0.244 e. The van der Waals surface area contributed by atoms with Crippen LogP contribution in [0.5, 0.6) is 0 Å². The number of rotatable bonds is 5. The number of nitrogens with one attached hydrogen (secondary N) is 1. The Bertz CT molecular complexity index is 922. The van der Waals surface area contributed by atoms with Crippen LogP contribution in [-0.4, -0.2) is 35.8 Å². The van der Waals surface area contributed by atoms with Gasteiger partial charge in [-0.3, -0.25) is 4.79 Å². The van der Waals surface area contributed by atoms with Gasteiger partial charge in [-0.05, 0) is 62.6 Å². The standard InChI is InChI=1S/C19H24ClN3O3S/c1-14-6-9-16(22(14)2)13-23(18-5-3-4-12-21-19(18)24)27(25,26)17-10-7-15(20)8-11-17/h6-11,18H,3-5,12-13H2,1-2H3,(H,21,24)/t18-/m1/s1.